The lowest BCUT2D eigenvalue weighted by atomic mass is 10.4. The molecule has 0 aliphatic carbocycles. The van der Waals surface area contributed by atoms with Crippen LogP contribution in [0.2, 0.25) is 0 Å². The highest BCUT2D eigenvalue weighted by Crippen LogP contribution is 2.21. The molecule has 100 valence electrons. The zero-order valence-corrected chi connectivity index (χ0v) is 11.5. The van der Waals surface area contributed by atoms with Gasteiger partial charge in [-0.05, 0) is 12.8 Å². The number of amides is 1. The van der Waals surface area contributed by atoms with Crippen LogP contribution in [-0.4, -0.2) is 50.8 Å². The fourth-order valence-electron chi connectivity index (χ4n) is 1.74. The highest BCUT2D eigenvalue weighted by atomic mass is 35.7. The van der Waals surface area contributed by atoms with Gasteiger partial charge in [0.2, 0.25) is 15.0 Å². The zero-order valence-electron chi connectivity index (χ0n) is 9.89. The van der Waals surface area contributed by atoms with E-state index < -0.39 is 14.3 Å². The minimum absolute atomic E-state index is 0.00164. The first-order valence-electron chi connectivity index (χ1n) is 5.74. The number of rotatable bonds is 7. The molecule has 0 N–H and O–H groups in total. The van der Waals surface area contributed by atoms with Crippen molar-refractivity contribution in [2.75, 3.05) is 26.3 Å². The van der Waals surface area contributed by atoms with E-state index in [1.807, 2.05) is 6.92 Å². The minimum Gasteiger partial charge on any atom is -0.381 e. The van der Waals surface area contributed by atoms with Gasteiger partial charge >= 0.3 is 0 Å². The van der Waals surface area contributed by atoms with Crippen LogP contribution in [0.3, 0.4) is 0 Å². The molecule has 5 nitrogen and oxygen atoms in total. The number of likely N-dealkylation sites (tertiary alicyclic amines) is 1. The van der Waals surface area contributed by atoms with Crippen LogP contribution in [0.1, 0.15) is 26.2 Å². The first-order valence-corrected chi connectivity index (χ1v) is 8.11. The topological polar surface area (TPSA) is 63.7 Å². The Morgan fingerprint density at radius 2 is 2.18 bits per heavy atom. The summed E-state index contributed by atoms with van der Waals surface area (Å²) in [5.41, 5.74) is 0. The van der Waals surface area contributed by atoms with Gasteiger partial charge in [0.15, 0.2) is 0 Å². The van der Waals surface area contributed by atoms with Gasteiger partial charge in [0.05, 0.1) is 0 Å². The Morgan fingerprint density at radius 3 is 2.71 bits per heavy atom. The highest BCUT2D eigenvalue weighted by molar-refractivity contribution is 8.14. The summed E-state index contributed by atoms with van der Waals surface area (Å²) in [6.07, 6.45) is 1.69. The Balaban J connectivity index is 2.29. The average molecular weight is 284 g/mol. The summed E-state index contributed by atoms with van der Waals surface area (Å²) in [7, 11) is 1.61. The van der Waals surface area contributed by atoms with E-state index >= 15 is 0 Å². The standard InChI is InChI=1S/C10H18ClNO4S/c1-2-5-16-6-3-4-12-8-9(7-10(12)13)17(11,14)15/h9H,2-8H2,1H3. The smallest absolute Gasteiger partial charge is 0.237 e. The number of nitrogens with zero attached hydrogens (tertiary/aromatic N) is 1. The van der Waals surface area contributed by atoms with Gasteiger partial charge in [-0.15, -0.1) is 0 Å². The van der Waals surface area contributed by atoms with Gasteiger partial charge in [-0.3, -0.25) is 4.79 Å². The molecular formula is C10H18ClNO4S. The Bertz CT molecular complexity index is 357. The van der Waals surface area contributed by atoms with Crippen molar-refractivity contribution in [3.8, 4) is 0 Å². The van der Waals surface area contributed by atoms with Gasteiger partial charge < -0.3 is 9.64 Å². The number of carbonyl (C=O) groups is 1. The first kappa shape index (κ1) is 14.7. The van der Waals surface area contributed by atoms with E-state index in [1.54, 1.807) is 4.90 Å². The highest BCUT2D eigenvalue weighted by Gasteiger charge is 2.36. The van der Waals surface area contributed by atoms with E-state index in [0.29, 0.717) is 19.8 Å². The Labute approximate surface area is 106 Å². The molecule has 17 heavy (non-hydrogen) atoms. The van der Waals surface area contributed by atoms with Crippen molar-refractivity contribution in [1.29, 1.82) is 0 Å². The summed E-state index contributed by atoms with van der Waals surface area (Å²) in [5, 5.41) is -0.756. The van der Waals surface area contributed by atoms with Gasteiger partial charge in [0, 0.05) is 43.4 Å². The molecule has 1 amide bonds. The van der Waals surface area contributed by atoms with Crippen LogP contribution in [-0.2, 0) is 18.6 Å². The molecule has 1 fully saturated rings. The molecule has 1 aliphatic rings. The van der Waals surface area contributed by atoms with E-state index in [-0.39, 0.29) is 18.9 Å². The zero-order chi connectivity index (χ0) is 12.9. The van der Waals surface area contributed by atoms with Crippen LogP contribution in [0, 0.1) is 0 Å². The third-order valence-electron chi connectivity index (χ3n) is 2.64. The van der Waals surface area contributed by atoms with Crippen LogP contribution < -0.4 is 0 Å². The molecular weight excluding hydrogens is 266 g/mol. The van der Waals surface area contributed by atoms with Gasteiger partial charge in [-0.1, -0.05) is 6.92 Å². The lowest BCUT2D eigenvalue weighted by Gasteiger charge is -2.15. The van der Waals surface area contributed by atoms with Crippen LogP contribution in [0.4, 0.5) is 0 Å². The largest absolute Gasteiger partial charge is 0.381 e. The summed E-state index contributed by atoms with van der Waals surface area (Å²) < 4.78 is 27.5. The summed E-state index contributed by atoms with van der Waals surface area (Å²) in [5.74, 6) is -0.144. The summed E-state index contributed by atoms with van der Waals surface area (Å²) >= 11 is 0. The number of ether oxygens (including phenoxy) is 1. The molecule has 0 radical (unpaired) electrons. The van der Waals surface area contributed by atoms with Crippen molar-refractivity contribution in [2.24, 2.45) is 0 Å². The molecule has 1 aliphatic heterocycles. The van der Waals surface area contributed by atoms with Crippen LogP contribution >= 0.6 is 10.7 Å². The minimum atomic E-state index is -3.63. The maximum atomic E-state index is 11.5. The third-order valence-corrected chi connectivity index (χ3v) is 4.51. The maximum absolute atomic E-state index is 11.5. The van der Waals surface area contributed by atoms with Crippen LogP contribution in [0.15, 0.2) is 0 Å². The normalized spacial score (nSPS) is 21.2. The predicted octanol–water partition coefficient (Wildman–Crippen LogP) is 0.973. The van der Waals surface area contributed by atoms with E-state index in [1.165, 1.54) is 0 Å². The average Bonchev–Trinajstić information content (AvgIpc) is 2.60. The van der Waals surface area contributed by atoms with E-state index in [2.05, 4.69) is 0 Å². The van der Waals surface area contributed by atoms with Crippen molar-refractivity contribution < 1.29 is 17.9 Å². The number of hydrogen-bond acceptors (Lipinski definition) is 4. The van der Waals surface area contributed by atoms with Crippen molar-refractivity contribution in [3.63, 3.8) is 0 Å². The molecule has 1 unspecified atom stereocenters. The molecule has 1 rings (SSSR count). The molecule has 0 aromatic heterocycles. The van der Waals surface area contributed by atoms with Crippen molar-refractivity contribution in [2.45, 2.75) is 31.4 Å². The number of carbonyl (C=O) groups excluding carboxylic acids is 1. The maximum Gasteiger partial charge on any atom is 0.237 e. The van der Waals surface area contributed by atoms with Crippen molar-refractivity contribution in [1.82, 2.24) is 4.90 Å². The van der Waals surface area contributed by atoms with Gasteiger partial charge in [-0.25, -0.2) is 8.42 Å². The Morgan fingerprint density at radius 1 is 1.47 bits per heavy atom. The Kier molecular flexibility index (Phi) is 5.69. The molecule has 0 aromatic rings. The molecule has 1 saturated heterocycles. The molecule has 0 aromatic carbocycles. The van der Waals surface area contributed by atoms with Gasteiger partial charge in [-0.2, -0.15) is 0 Å². The second kappa shape index (κ2) is 6.56. The number of hydrogen-bond donors (Lipinski definition) is 0. The molecule has 0 spiro atoms. The molecule has 0 bridgehead atoms. The molecule has 1 atom stereocenters. The lowest BCUT2D eigenvalue weighted by Crippen LogP contribution is -2.28. The fourth-order valence-corrected chi connectivity index (χ4v) is 2.80. The van der Waals surface area contributed by atoms with Crippen LogP contribution in [0.25, 0.3) is 0 Å². The fraction of sp³-hybridized carbons (Fsp3) is 0.900. The van der Waals surface area contributed by atoms with Gasteiger partial charge in [0.25, 0.3) is 0 Å². The van der Waals surface area contributed by atoms with E-state index in [4.69, 9.17) is 15.4 Å². The van der Waals surface area contributed by atoms with E-state index in [9.17, 15) is 13.2 Å². The first-order chi connectivity index (χ1) is 7.95. The predicted molar refractivity (Wildman–Crippen MR) is 65.5 cm³/mol. The SMILES string of the molecule is CCCOCCCN1CC(S(=O)(=O)Cl)CC1=O. The number of halogens is 1. The van der Waals surface area contributed by atoms with E-state index in [0.717, 1.165) is 12.8 Å². The second-order valence-corrected chi connectivity index (χ2v) is 7.02. The quantitative estimate of drug-likeness (QED) is 0.516. The lowest BCUT2D eigenvalue weighted by molar-refractivity contribution is -0.127. The van der Waals surface area contributed by atoms with Gasteiger partial charge in [0.1, 0.15) is 5.25 Å². The monoisotopic (exact) mass is 283 g/mol. The summed E-state index contributed by atoms with van der Waals surface area (Å²) in [6, 6.07) is 0. The molecule has 0 saturated carbocycles. The van der Waals surface area contributed by atoms with Crippen molar-refractivity contribution in [3.05, 3.63) is 0 Å². The second-order valence-electron chi connectivity index (χ2n) is 4.11. The Hall–Kier alpha value is -0.330. The van der Waals surface area contributed by atoms with Crippen LogP contribution in [0.5, 0.6) is 0 Å². The molecule has 7 heteroatoms. The van der Waals surface area contributed by atoms with Crippen molar-refractivity contribution >= 4 is 25.6 Å². The summed E-state index contributed by atoms with van der Waals surface area (Å²) in [6.45, 7) is 4.08. The third kappa shape index (κ3) is 4.81. The molecule has 1 heterocycles. The summed E-state index contributed by atoms with van der Waals surface area (Å²) in [4.78, 5) is 13.1.